The largest absolute Gasteiger partial charge is 0.376 e. The van der Waals surface area contributed by atoms with Crippen molar-refractivity contribution in [2.75, 3.05) is 0 Å². The van der Waals surface area contributed by atoms with Crippen molar-refractivity contribution >= 4 is 17.3 Å². The van der Waals surface area contributed by atoms with Crippen LogP contribution in [0.25, 0.3) is 0 Å². The number of hydrogen-bond acceptors (Lipinski definition) is 5. The third-order valence-corrected chi connectivity index (χ3v) is 5.12. The molecule has 1 unspecified atom stereocenters. The highest BCUT2D eigenvalue weighted by Gasteiger charge is 2.73. The van der Waals surface area contributed by atoms with Crippen LogP contribution in [0, 0.1) is 11.3 Å². The molecule has 114 valence electrons. The molecule has 0 radical (unpaired) electrons. The number of benzene rings is 1. The normalized spacial score (nSPS) is 38.4. The zero-order chi connectivity index (χ0) is 15.9. The number of hydrogen-bond donors (Lipinski definition) is 2. The first-order chi connectivity index (χ1) is 10.2. The van der Waals surface area contributed by atoms with E-state index in [1.165, 1.54) is 0 Å². The number of carbonyl (C=O) groups excluding carboxylic acids is 2. The molecule has 3 aliphatic rings. The zero-order valence-electron chi connectivity index (χ0n) is 12.5. The van der Waals surface area contributed by atoms with Crippen molar-refractivity contribution in [3.05, 3.63) is 35.4 Å². The average Bonchev–Trinajstić information content (AvgIpc) is 2.74. The molecule has 1 aromatic rings. The molecule has 0 saturated heterocycles. The Bertz CT molecular complexity index is 766. The van der Waals surface area contributed by atoms with Crippen LogP contribution in [0.5, 0.6) is 0 Å². The second-order valence-corrected chi connectivity index (χ2v) is 7.33. The summed E-state index contributed by atoms with van der Waals surface area (Å²) in [5, 5.41) is 22.1. The molecule has 0 aromatic heterocycles. The van der Waals surface area contributed by atoms with E-state index in [9.17, 15) is 19.8 Å². The molecule has 0 spiro atoms. The summed E-state index contributed by atoms with van der Waals surface area (Å²) in [4.78, 5) is 29.6. The second kappa shape index (κ2) is 3.73. The summed E-state index contributed by atoms with van der Waals surface area (Å²) in [7, 11) is 0. The third-order valence-electron chi connectivity index (χ3n) is 5.12. The van der Waals surface area contributed by atoms with Crippen LogP contribution >= 0.6 is 0 Å². The van der Waals surface area contributed by atoms with E-state index in [1.54, 1.807) is 24.3 Å². The topological polar surface area (TPSA) is 87.0 Å². The van der Waals surface area contributed by atoms with Crippen LogP contribution in [0.3, 0.4) is 0 Å². The average molecular weight is 299 g/mol. The fourth-order valence-corrected chi connectivity index (χ4v) is 4.23. The van der Waals surface area contributed by atoms with Crippen molar-refractivity contribution in [3.63, 3.8) is 0 Å². The highest BCUT2D eigenvalue weighted by atomic mass is 16.4. The van der Waals surface area contributed by atoms with Crippen molar-refractivity contribution in [3.8, 4) is 0 Å². The maximum Gasteiger partial charge on any atom is 0.220 e. The van der Waals surface area contributed by atoms with Crippen molar-refractivity contribution in [1.82, 2.24) is 0 Å². The SMILES string of the molecule is CC1(C)CC(=O)C2C(=N[C@]3(O)c4ccccc4C(=O)[C@@]23O)C1. The summed E-state index contributed by atoms with van der Waals surface area (Å²) >= 11 is 0. The Labute approximate surface area is 127 Å². The monoisotopic (exact) mass is 299 g/mol. The Morgan fingerprint density at radius 1 is 1.14 bits per heavy atom. The Kier molecular flexibility index (Phi) is 2.33. The molecule has 2 aliphatic carbocycles. The second-order valence-electron chi connectivity index (χ2n) is 7.33. The molecule has 4 rings (SSSR count). The number of aliphatic imine (C=N–C) groups is 1. The van der Waals surface area contributed by atoms with Crippen molar-refractivity contribution in [2.24, 2.45) is 16.3 Å². The minimum absolute atomic E-state index is 0.227. The standard InChI is InChI=1S/C17H17NO4/c1-15(2)7-11-13(12(19)8-15)16(21)14(20)9-5-3-4-6-10(9)17(16,22)18-11/h3-6,13,21-22H,7-8H2,1-2H3/t13?,16-,17-/m0/s1. The van der Waals surface area contributed by atoms with Gasteiger partial charge in [0, 0.05) is 23.3 Å². The van der Waals surface area contributed by atoms with Gasteiger partial charge in [-0.2, -0.15) is 0 Å². The van der Waals surface area contributed by atoms with Crippen LogP contribution in [-0.4, -0.2) is 33.1 Å². The molecule has 1 heterocycles. The van der Waals surface area contributed by atoms with Gasteiger partial charge in [0.05, 0.1) is 5.92 Å². The molecule has 1 fully saturated rings. The Balaban J connectivity index is 1.97. The first-order valence-electron chi connectivity index (χ1n) is 7.41. The molecule has 1 aliphatic heterocycles. The minimum Gasteiger partial charge on any atom is -0.376 e. The van der Waals surface area contributed by atoms with E-state index in [1.807, 2.05) is 13.8 Å². The van der Waals surface area contributed by atoms with E-state index in [0.717, 1.165) is 0 Å². The molecule has 3 atom stereocenters. The molecule has 0 amide bonds. The molecule has 1 saturated carbocycles. The highest BCUT2D eigenvalue weighted by Crippen LogP contribution is 2.56. The van der Waals surface area contributed by atoms with E-state index in [0.29, 0.717) is 12.1 Å². The van der Waals surface area contributed by atoms with E-state index >= 15 is 0 Å². The molecular formula is C17H17NO4. The zero-order valence-corrected chi connectivity index (χ0v) is 12.5. The lowest BCUT2D eigenvalue weighted by Gasteiger charge is -2.37. The van der Waals surface area contributed by atoms with Gasteiger partial charge in [0.2, 0.25) is 11.5 Å². The van der Waals surface area contributed by atoms with Gasteiger partial charge < -0.3 is 10.2 Å². The number of aliphatic hydroxyl groups is 2. The summed E-state index contributed by atoms with van der Waals surface area (Å²) in [5.41, 5.74) is -3.55. The van der Waals surface area contributed by atoms with Gasteiger partial charge in [-0.25, -0.2) is 0 Å². The fraction of sp³-hybridized carbons (Fsp3) is 0.471. The van der Waals surface area contributed by atoms with Crippen molar-refractivity contribution in [1.29, 1.82) is 0 Å². The number of ketones is 2. The lowest BCUT2D eigenvalue weighted by Crippen LogP contribution is -2.57. The maximum atomic E-state index is 12.7. The molecule has 22 heavy (non-hydrogen) atoms. The van der Waals surface area contributed by atoms with Gasteiger partial charge in [-0.15, -0.1) is 0 Å². The molecule has 1 aromatic carbocycles. The Morgan fingerprint density at radius 2 is 1.82 bits per heavy atom. The lowest BCUT2D eigenvalue weighted by molar-refractivity contribution is -0.146. The van der Waals surface area contributed by atoms with E-state index in [2.05, 4.69) is 4.99 Å². The van der Waals surface area contributed by atoms with Crippen LogP contribution in [0.1, 0.15) is 42.6 Å². The Morgan fingerprint density at radius 3 is 2.55 bits per heavy atom. The van der Waals surface area contributed by atoms with Crippen LogP contribution in [0.15, 0.2) is 29.3 Å². The highest BCUT2D eigenvalue weighted by molar-refractivity contribution is 6.21. The predicted molar refractivity (Wildman–Crippen MR) is 78.6 cm³/mol. The summed E-state index contributed by atoms with van der Waals surface area (Å²) in [6.45, 7) is 3.89. The third kappa shape index (κ3) is 1.34. The van der Waals surface area contributed by atoms with Gasteiger partial charge >= 0.3 is 0 Å². The smallest absolute Gasteiger partial charge is 0.220 e. The number of fused-ring (bicyclic) bond motifs is 5. The molecule has 2 N–H and O–H groups in total. The van der Waals surface area contributed by atoms with Crippen molar-refractivity contribution < 1.29 is 19.8 Å². The van der Waals surface area contributed by atoms with Crippen LogP contribution in [0.4, 0.5) is 0 Å². The van der Waals surface area contributed by atoms with Gasteiger partial charge in [0.1, 0.15) is 5.78 Å². The van der Waals surface area contributed by atoms with E-state index in [-0.39, 0.29) is 28.7 Å². The minimum atomic E-state index is -2.19. The van der Waals surface area contributed by atoms with Gasteiger partial charge in [0.15, 0.2) is 5.60 Å². The first-order valence-corrected chi connectivity index (χ1v) is 7.41. The number of nitrogens with zero attached hydrogens (tertiary/aromatic N) is 1. The van der Waals surface area contributed by atoms with Crippen molar-refractivity contribution in [2.45, 2.75) is 38.0 Å². The van der Waals surface area contributed by atoms with Crippen LogP contribution in [0.2, 0.25) is 0 Å². The van der Waals surface area contributed by atoms with E-state index < -0.39 is 23.0 Å². The summed E-state index contributed by atoms with van der Waals surface area (Å²) < 4.78 is 0. The van der Waals surface area contributed by atoms with Gasteiger partial charge in [-0.05, 0) is 11.8 Å². The van der Waals surface area contributed by atoms with Gasteiger partial charge in [-0.1, -0.05) is 38.1 Å². The summed E-state index contributed by atoms with van der Waals surface area (Å²) in [6, 6.07) is 6.49. The van der Waals surface area contributed by atoms with Crippen LogP contribution < -0.4 is 0 Å². The van der Waals surface area contributed by atoms with Gasteiger partial charge in [-0.3, -0.25) is 14.6 Å². The Hall–Kier alpha value is -1.85. The van der Waals surface area contributed by atoms with E-state index in [4.69, 9.17) is 0 Å². The molecular weight excluding hydrogens is 282 g/mol. The molecule has 0 bridgehead atoms. The first kappa shape index (κ1) is 13.8. The number of Topliss-reactive ketones (excluding diaryl/α,β-unsaturated/α-hetero) is 2. The number of rotatable bonds is 0. The molecule has 5 heteroatoms. The fourth-order valence-electron chi connectivity index (χ4n) is 4.23. The van der Waals surface area contributed by atoms with Gasteiger partial charge in [0.25, 0.3) is 0 Å². The summed E-state index contributed by atoms with van der Waals surface area (Å²) in [5.74, 6) is -1.87. The predicted octanol–water partition coefficient (Wildman–Crippen LogP) is 1.22. The maximum absolute atomic E-state index is 12.7. The number of carbonyl (C=O) groups is 2. The van der Waals surface area contributed by atoms with Crippen LogP contribution in [-0.2, 0) is 10.5 Å². The quantitative estimate of drug-likeness (QED) is 0.754. The summed E-state index contributed by atoms with van der Waals surface area (Å²) in [6.07, 6.45) is 0.752. The lowest BCUT2D eigenvalue weighted by atomic mass is 9.65. The molecule has 5 nitrogen and oxygen atoms in total.